The Labute approximate surface area is 305 Å². The van der Waals surface area contributed by atoms with E-state index in [1.165, 1.54) is 26.4 Å². The largest absolute Gasteiger partial charge is 0.216 e. The van der Waals surface area contributed by atoms with Crippen LogP contribution in [0.1, 0.15) is 129 Å². The Morgan fingerprint density at radius 1 is 0.419 bits per heavy atom. The van der Waals surface area contributed by atoms with Gasteiger partial charge in [-0.05, 0) is 29.7 Å². The molecule has 0 spiro atoms. The van der Waals surface area contributed by atoms with Crippen molar-refractivity contribution in [2.45, 2.75) is 222 Å². The van der Waals surface area contributed by atoms with Gasteiger partial charge in [-0.25, -0.2) is 12.6 Å². The van der Waals surface area contributed by atoms with Gasteiger partial charge in [0.25, 0.3) is 0 Å². The number of hydrogen-bond acceptors (Lipinski definition) is 0. The summed E-state index contributed by atoms with van der Waals surface area (Å²) in [5.41, 5.74) is 0. The van der Waals surface area contributed by atoms with E-state index in [9.17, 15) is 0 Å². The zero-order valence-electron chi connectivity index (χ0n) is 25.0. The predicted molar refractivity (Wildman–Crippen MR) is 281 cm³/mol. The van der Waals surface area contributed by atoms with E-state index in [0.29, 0.717) is 21.8 Å². The molecule has 0 aliphatic carbocycles. The van der Waals surface area contributed by atoms with Crippen molar-refractivity contribution in [1.29, 1.82) is 0 Å². The van der Waals surface area contributed by atoms with Gasteiger partial charge in [-0.2, -0.15) is 60.4 Å². The smallest absolute Gasteiger partial charge is 0.0610 e. The summed E-state index contributed by atoms with van der Waals surface area (Å²) in [5.74, 6) is 0. The van der Waals surface area contributed by atoms with Gasteiger partial charge in [-0.1, -0.05) is 174 Å². The maximum atomic E-state index is 5.17. The lowest BCUT2D eigenvalue weighted by atomic mass is 9.65. The van der Waals surface area contributed by atoms with Crippen LogP contribution in [0.4, 0.5) is 0 Å². The first-order valence-electron chi connectivity index (χ1n) is 11.9. The third-order valence-corrected chi connectivity index (χ3v) is 2.29. The second-order valence-electron chi connectivity index (χ2n) is 4.41. The van der Waals surface area contributed by atoms with Crippen molar-refractivity contribution in [3.63, 3.8) is 0 Å². The molecule has 0 atom stereocenters. The molecular weight excluding hydrogens is 503 g/mol. The molecule has 6 radical (unpaired) electrons. The molecule has 0 aromatic heterocycles. The lowest BCUT2D eigenvalue weighted by Gasteiger charge is -1.96. The second kappa shape index (κ2) is 788. The summed E-state index contributed by atoms with van der Waals surface area (Å²) in [6, 6.07) is 0. The Hall–Kier alpha value is 0.714. The molecular formula is C32H121B11-8. The van der Waals surface area contributed by atoms with Gasteiger partial charge in [0.15, 0.2) is 0 Å². The molecule has 0 aromatic carbocycles. The van der Waals surface area contributed by atoms with E-state index in [2.05, 4.69) is 70.4 Å². The van der Waals surface area contributed by atoms with Crippen LogP contribution in [0.5, 0.6) is 0 Å². The van der Waals surface area contributed by atoms with Crippen molar-refractivity contribution in [3.8, 4) is 0 Å². The fourth-order valence-electron chi connectivity index (χ4n) is 1.29. The maximum absolute atomic E-state index is 5.17. The molecule has 43 heavy (non-hydrogen) atoms. The third-order valence-electron chi connectivity index (χ3n) is 2.29. The van der Waals surface area contributed by atoms with Crippen LogP contribution in [-0.4, -0.2) is 84.6 Å². The minimum Gasteiger partial charge on any atom is -0.216 e. The normalized spacial score (nSPS) is 4.12. The van der Waals surface area contributed by atoms with Crippen molar-refractivity contribution in [3.05, 3.63) is 0 Å². The van der Waals surface area contributed by atoms with Crippen LogP contribution in [0.3, 0.4) is 0 Å². The Bertz CT molecular complexity index is 84.3. The maximum Gasteiger partial charge on any atom is 0.0610 e. The van der Waals surface area contributed by atoms with Crippen LogP contribution in [-0.2, 0) is 0 Å². The van der Waals surface area contributed by atoms with E-state index in [4.69, 9.17) is 7.85 Å². The average molecular weight is 625 g/mol. The topological polar surface area (TPSA) is 0 Å². The molecule has 11 heteroatoms. The van der Waals surface area contributed by atoms with Crippen LogP contribution in [0.15, 0.2) is 0 Å². The first kappa shape index (κ1) is 169. The molecule has 0 heterocycles. The van der Waals surface area contributed by atoms with Crippen LogP contribution >= 0.6 is 0 Å². The Kier molecular flexibility index (Phi) is 3100. The van der Waals surface area contributed by atoms with Gasteiger partial charge in [-0.15, -0.1) is 6.32 Å². The van der Waals surface area contributed by atoms with E-state index in [1.807, 2.05) is 41.5 Å². The highest BCUT2D eigenvalue weighted by atomic mass is 13.5. The molecule has 0 saturated heterocycles. The highest BCUT2D eigenvalue weighted by Crippen LogP contribution is 1.84. The lowest BCUT2D eigenvalue weighted by Crippen LogP contribution is -1.83. The SMILES string of the molecule is C.C.C.C.C.C.C.C.C.C.CC.CC.CC.C[BH2-]CC[BH2-]C.[BH3-]C.[BH3-]C.[BH3-]C.[BH3-]C.[BH3-]CCC.[B]C.[B]C.[B]CC[BH2-]C. The molecule has 0 unspecified atom stereocenters. The fourth-order valence-corrected chi connectivity index (χ4v) is 1.29. The van der Waals surface area contributed by atoms with E-state index in [0.717, 1.165) is 45.6 Å². The fraction of sp³-hybridized carbons (Fsp3) is 1.00. The van der Waals surface area contributed by atoms with Crippen molar-refractivity contribution < 1.29 is 0 Å². The Balaban J connectivity index is -0.00000000564. The van der Waals surface area contributed by atoms with Crippen LogP contribution in [0.2, 0.25) is 93.0 Å². The number of hydrogen-bond donors (Lipinski definition) is 0. The molecule has 0 aliphatic heterocycles. The van der Waals surface area contributed by atoms with Gasteiger partial charge in [-0.3, -0.25) is 0 Å². The Morgan fingerprint density at radius 2 is 0.535 bits per heavy atom. The van der Waals surface area contributed by atoms with Gasteiger partial charge in [0.05, 0.1) is 23.5 Å². The summed E-state index contributed by atoms with van der Waals surface area (Å²) >= 11 is 0. The lowest BCUT2D eigenvalue weighted by molar-refractivity contribution is 1.08. The molecule has 0 bridgehead atoms. The summed E-state index contributed by atoms with van der Waals surface area (Å²) in [4.78, 5) is 0. The summed E-state index contributed by atoms with van der Waals surface area (Å²) < 4.78 is 0. The molecule has 0 amide bonds. The minimum atomic E-state index is 0. The van der Waals surface area contributed by atoms with Crippen LogP contribution in [0.25, 0.3) is 0 Å². The monoisotopic (exact) mass is 627 g/mol. The first-order valence-corrected chi connectivity index (χ1v) is 11.9. The molecule has 0 nitrogen and oxygen atoms in total. The predicted octanol–water partition coefficient (Wildman–Crippen LogP) is 8.09. The van der Waals surface area contributed by atoms with Crippen LogP contribution < -0.4 is 0 Å². The Morgan fingerprint density at radius 3 is 0.558 bits per heavy atom. The molecule has 0 aromatic rings. The average Bonchev–Trinajstić information content (AvgIpc) is 2.98. The van der Waals surface area contributed by atoms with E-state index >= 15 is 0 Å². The van der Waals surface area contributed by atoms with Crippen molar-refractivity contribution in [2.75, 3.05) is 0 Å². The highest BCUT2D eigenvalue weighted by molar-refractivity contribution is 6.40. The van der Waals surface area contributed by atoms with Crippen molar-refractivity contribution in [2.24, 2.45) is 0 Å². The highest BCUT2D eigenvalue weighted by Gasteiger charge is 1.66. The van der Waals surface area contributed by atoms with E-state index < -0.39 is 0 Å². The zero-order chi connectivity index (χ0) is 30.4. The van der Waals surface area contributed by atoms with Crippen molar-refractivity contribution in [1.82, 2.24) is 0 Å². The molecule has 0 N–H and O–H groups in total. The van der Waals surface area contributed by atoms with E-state index in [-0.39, 0.29) is 74.3 Å². The molecule has 290 valence electrons. The third kappa shape index (κ3) is 1570. The standard InChI is InChI=1S/C4H14B2.C3H9B2.C3H10B.3C2H6.4CH6B.2CH3B.10CH4/c1-5-3-4-6-2;1-5-3-2-4;1-2-3-4;9*1-2;;;;;;;;;;/h3-6H2,1-2H3;2-3,5H2,1H3;2-3H2,1,4H3;7*1-2H3;2*1H3;10*1H4/q-2;2*-1;;;;4*-1;;;;;;;;;;;;. The molecule has 0 aliphatic rings. The first-order chi connectivity index (χ1) is 16.2. The quantitative estimate of drug-likeness (QED) is 0.207. The second-order valence-corrected chi connectivity index (χ2v) is 4.41. The molecule has 0 rings (SSSR count). The summed E-state index contributed by atoms with van der Waals surface area (Å²) in [6.07, 6.45) is 8.38. The summed E-state index contributed by atoms with van der Waals surface area (Å²) in [7, 11) is 19.4. The van der Waals surface area contributed by atoms with E-state index in [1.54, 1.807) is 19.0 Å². The molecule has 0 saturated carbocycles. The molecule has 0 fully saturated rings. The van der Waals surface area contributed by atoms with Gasteiger partial charge in [0.2, 0.25) is 0 Å². The van der Waals surface area contributed by atoms with Gasteiger partial charge in [0.1, 0.15) is 0 Å². The zero-order valence-corrected chi connectivity index (χ0v) is 25.0. The van der Waals surface area contributed by atoms with Gasteiger partial charge < -0.3 is 0 Å². The number of rotatable bonds is 6. The van der Waals surface area contributed by atoms with Crippen LogP contribution in [0, 0.1) is 0 Å². The summed E-state index contributed by atoms with van der Waals surface area (Å²) in [6.45, 7) is 33.3. The minimum absolute atomic E-state index is 0. The van der Waals surface area contributed by atoms with Gasteiger partial charge in [0, 0.05) is 0 Å². The summed E-state index contributed by atoms with van der Waals surface area (Å²) in [5, 5.41) is 0. The van der Waals surface area contributed by atoms with Gasteiger partial charge >= 0.3 is 0 Å². The van der Waals surface area contributed by atoms with Crippen molar-refractivity contribution >= 4 is 84.6 Å².